The van der Waals surface area contributed by atoms with E-state index in [4.69, 9.17) is 4.74 Å². The highest BCUT2D eigenvalue weighted by Crippen LogP contribution is 2.26. The minimum atomic E-state index is -0.728. The molecule has 2 aromatic rings. The minimum Gasteiger partial charge on any atom is -0.464 e. The third kappa shape index (κ3) is 5.16. The fourth-order valence-electron chi connectivity index (χ4n) is 2.81. The molecule has 5 heteroatoms. The number of rotatable bonds is 7. The predicted molar refractivity (Wildman–Crippen MR) is 104 cm³/mol. The van der Waals surface area contributed by atoms with Crippen LogP contribution in [0.25, 0.3) is 11.1 Å². The Hall–Kier alpha value is -2.69. The average Bonchev–Trinajstić information content (AvgIpc) is 2.65. The molecule has 0 bridgehead atoms. The van der Waals surface area contributed by atoms with Crippen molar-refractivity contribution >= 4 is 11.9 Å². The van der Waals surface area contributed by atoms with Crippen LogP contribution in [0.4, 0.5) is 4.39 Å². The van der Waals surface area contributed by atoms with Crippen molar-refractivity contribution < 1.29 is 18.7 Å². The van der Waals surface area contributed by atoms with Crippen LogP contribution in [0.2, 0.25) is 0 Å². The second-order valence-corrected chi connectivity index (χ2v) is 6.81. The normalized spacial score (nSPS) is 13.1. The molecule has 4 nitrogen and oxygen atoms in total. The smallest absolute Gasteiger partial charge is 0.328 e. The molecule has 1 unspecified atom stereocenters. The number of ether oxygens (including phenoxy) is 1. The quantitative estimate of drug-likeness (QED) is 0.738. The van der Waals surface area contributed by atoms with Gasteiger partial charge in [-0.2, -0.15) is 0 Å². The molecule has 27 heavy (non-hydrogen) atoms. The first-order valence-corrected chi connectivity index (χ1v) is 9.17. The lowest BCUT2D eigenvalue weighted by molar-refractivity contribution is -0.148. The Morgan fingerprint density at radius 3 is 2.30 bits per heavy atom. The van der Waals surface area contributed by atoms with Crippen LogP contribution in [-0.4, -0.2) is 24.5 Å². The van der Waals surface area contributed by atoms with Gasteiger partial charge in [-0.3, -0.25) is 4.79 Å². The molecule has 0 saturated carbocycles. The summed E-state index contributed by atoms with van der Waals surface area (Å²) in [6.07, 6.45) is 0. The maximum atomic E-state index is 14.6. The highest BCUT2D eigenvalue weighted by Gasteiger charge is 2.28. The van der Waals surface area contributed by atoms with Gasteiger partial charge in [-0.05, 0) is 37.0 Å². The molecule has 0 aliphatic heterocycles. The number of amides is 1. The standard InChI is InChI=1S/C22H26FNO3/c1-5-27-22(26)20(14(2)3)24-21(25)15(4)17-11-12-18(19(23)13-17)16-9-7-6-8-10-16/h6-15,20H,5H2,1-4H3,(H,24,25)/t15?,20-/m0/s1. The summed E-state index contributed by atoms with van der Waals surface area (Å²) in [5.74, 6) is -1.89. The molecule has 0 aromatic heterocycles. The Kier molecular flexibility index (Phi) is 7.11. The molecule has 0 spiro atoms. The number of hydrogen-bond donors (Lipinski definition) is 1. The van der Waals surface area contributed by atoms with Crippen LogP contribution in [0, 0.1) is 11.7 Å². The third-order valence-corrected chi connectivity index (χ3v) is 4.48. The molecule has 0 aliphatic rings. The van der Waals surface area contributed by atoms with Crippen LogP contribution in [0.3, 0.4) is 0 Å². The van der Waals surface area contributed by atoms with E-state index in [-0.39, 0.29) is 24.2 Å². The molecule has 0 saturated heterocycles. The molecule has 1 N–H and O–H groups in total. The number of hydrogen-bond acceptors (Lipinski definition) is 3. The summed E-state index contributed by atoms with van der Waals surface area (Å²) in [5, 5.41) is 2.73. The van der Waals surface area contributed by atoms with Crippen molar-refractivity contribution in [3.05, 3.63) is 59.9 Å². The highest BCUT2D eigenvalue weighted by atomic mass is 19.1. The zero-order valence-electron chi connectivity index (χ0n) is 16.2. The van der Waals surface area contributed by atoms with Crippen LogP contribution in [-0.2, 0) is 14.3 Å². The van der Waals surface area contributed by atoms with Gasteiger partial charge in [0.15, 0.2) is 0 Å². The Morgan fingerprint density at radius 1 is 1.07 bits per heavy atom. The first-order valence-electron chi connectivity index (χ1n) is 9.17. The molecule has 2 atom stereocenters. The summed E-state index contributed by atoms with van der Waals surface area (Å²) >= 11 is 0. The molecule has 2 rings (SSSR count). The Bertz CT molecular complexity index is 789. The molecule has 0 aliphatic carbocycles. The molecule has 0 radical (unpaired) electrons. The van der Waals surface area contributed by atoms with Gasteiger partial charge >= 0.3 is 5.97 Å². The first-order chi connectivity index (χ1) is 12.8. The second kappa shape index (κ2) is 9.31. The zero-order valence-corrected chi connectivity index (χ0v) is 16.2. The van der Waals surface area contributed by atoms with E-state index in [2.05, 4.69) is 5.32 Å². The van der Waals surface area contributed by atoms with Gasteiger partial charge in [0.1, 0.15) is 11.9 Å². The van der Waals surface area contributed by atoms with Gasteiger partial charge in [-0.15, -0.1) is 0 Å². The summed E-state index contributed by atoms with van der Waals surface area (Å²) in [7, 11) is 0. The predicted octanol–water partition coefficient (Wildman–Crippen LogP) is 4.30. The van der Waals surface area contributed by atoms with Gasteiger partial charge in [-0.25, -0.2) is 9.18 Å². The van der Waals surface area contributed by atoms with E-state index in [1.807, 2.05) is 44.2 Å². The van der Waals surface area contributed by atoms with E-state index in [1.165, 1.54) is 6.07 Å². The molecule has 2 aromatic carbocycles. The van der Waals surface area contributed by atoms with Crippen molar-refractivity contribution in [3.63, 3.8) is 0 Å². The number of nitrogens with one attached hydrogen (secondary N) is 1. The summed E-state index contributed by atoms with van der Waals surface area (Å²) in [6.45, 7) is 7.33. The topological polar surface area (TPSA) is 55.4 Å². The monoisotopic (exact) mass is 371 g/mol. The fraction of sp³-hybridized carbons (Fsp3) is 0.364. The Morgan fingerprint density at radius 2 is 1.74 bits per heavy atom. The minimum absolute atomic E-state index is 0.114. The van der Waals surface area contributed by atoms with Gasteiger partial charge in [-0.1, -0.05) is 56.3 Å². The molecular formula is C22H26FNO3. The Balaban J connectivity index is 2.16. The number of carbonyl (C=O) groups is 2. The van der Waals surface area contributed by atoms with Crippen molar-refractivity contribution in [2.75, 3.05) is 6.61 Å². The van der Waals surface area contributed by atoms with Crippen LogP contribution in [0.5, 0.6) is 0 Å². The lowest BCUT2D eigenvalue weighted by Gasteiger charge is -2.23. The first kappa shape index (κ1) is 20.6. The van der Waals surface area contributed by atoms with Crippen molar-refractivity contribution in [2.45, 2.75) is 39.7 Å². The van der Waals surface area contributed by atoms with E-state index in [0.717, 1.165) is 5.56 Å². The highest BCUT2D eigenvalue weighted by molar-refractivity contribution is 5.88. The summed E-state index contributed by atoms with van der Waals surface area (Å²) in [6, 6.07) is 13.3. The van der Waals surface area contributed by atoms with Crippen LogP contribution in [0.15, 0.2) is 48.5 Å². The van der Waals surface area contributed by atoms with Crippen molar-refractivity contribution in [2.24, 2.45) is 5.92 Å². The van der Waals surface area contributed by atoms with Crippen LogP contribution in [0.1, 0.15) is 39.2 Å². The lowest BCUT2D eigenvalue weighted by Crippen LogP contribution is -2.46. The van der Waals surface area contributed by atoms with Crippen molar-refractivity contribution in [1.29, 1.82) is 0 Å². The number of halogens is 1. The maximum Gasteiger partial charge on any atom is 0.328 e. The Labute approximate surface area is 159 Å². The van der Waals surface area contributed by atoms with Gasteiger partial charge in [0, 0.05) is 5.56 Å². The SMILES string of the molecule is CCOC(=O)[C@@H](NC(=O)C(C)c1ccc(-c2ccccc2)c(F)c1)C(C)C. The van der Waals surface area contributed by atoms with Gasteiger partial charge in [0.25, 0.3) is 0 Å². The molecule has 0 heterocycles. The number of esters is 1. The number of carbonyl (C=O) groups excluding carboxylic acids is 2. The van der Waals surface area contributed by atoms with Gasteiger partial charge < -0.3 is 10.1 Å². The largest absolute Gasteiger partial charge is 0.464 e. The number of benzene rings is 2. The van der Waals surface area contributed by atoms with E-state index in [1.54, 1.807) is 26.0 Å². The molecular weight excluding hydrogens is 345 g/mol. The summed E-state index contributed by atoms with van der Waals surface area (Å²) in [4.78, 5) is 24.6. The average molecular weight is 371 g/mol. The van der Waals surface area contributed by atoms with E-state index < -0.39 is 17.9 Å². The van der Waals surface area contributed by atoms with E-state index in [0.29, 0.717) is 11.1 Å². The maximum absolute atomic E-state index is 14.6. The van der Waals surface area contributed by atoms with Crippen molar-refractivity contribution in [3.8, 4) is 11.1 Å². The fourth-order valence-corrected chi connectivity index (χ4v) is 2.81. The van der Waals surface area contributed by atoms with Gasteiger partial charge in [0.2, 0.25) is 5.91 Å². The molecule has 144 valence electrons. The zero-order chi connectivity index (χ0) is 20.0. The molecule has 1 amide bonds. The second-order valence-electron chi connectivity index (χ2n) is 6.81. The van der Waals surface area contributed by atoms with Crippen LogP contribution >= 0.6 is 0 Å². The van der Waals surface area contributed by atoms with Gasteiger partial charge in [0.05, 0.1) is 12.5 Å². The van der Waals surface area contributed by atoms with E-state index in [9.17, 15) is 14.0 Å². The van der Waals surface area contributed by atoms with E-state index >= 15 is 0 Å². The third-order valence-electron chi connectivity index (χ3n) is 4.48. The molecule has 0 fully saturated rings. The van der Waals surface area contributed by atoms with Crippen LogP contribution < -0.4 is 5.32 Å². The van der Waals surface area contributed by atoms with Crippen molar-refractivity contribution in [1.82, 2.24) is 5.32 Å². The lowest BCUT2D eigenvalue weighted by atomic mass is 9.95. The summed E-state index contributed by atoms with van der Waals surface area (Å²) < 4.78 is 19.6. The summed E-state index contributed by atoms with van der Waals surface area (Å²) in [5.41, 5.74) is 1.82.